The smallest absolute Gasteiger partial charge is 0.269 e. The first-order chi connectivity index (χ1) is 9.47. The first-order valence-electron chi connectivity index (χ1n) is 5.99. The van der Waals surface area contributed by atoms with Crippen molar-refractivity contribution in [1.29, 1.82) is 0 Å². The van der Waals surface area contributed by atoms with Crippen LogP contribution in [-0.4, -0.2) is 15.1 Å². The summed E-state index contributed by atoms with van der Waals surface area (Å²) in [6, 6.07) is 7.18. The van der Waals surface area contributed by atoms with Crippen LogP contribution in [0.4, 0.5) is 5.69 Å². The molecule has 0 saturated heterocycles. The Bertz CT molecular complexity index is 677. The molecule has 0 atom stereocenters. The summed E-state index contributed by atoms with van der Waals surface area (Å²) in [6.07, 6.45) is 0. The van der Waals surface area contributed by atoms with Crippen molar-refractivity contribution in [3.63, 3.8) is 0 Å². The van der Waals surface area contributed by atoms with Crippen LogP contribution in [0.1, 0.15) is 25.3 Å². The largest absolute Gasteiger partial charge is 0.438 e. The van der Waals surface area contributed by atoms with Crippen molar-refractivity contribution in [2.45, 2.75) is 19.8 Å². The number of non-ortho nitro benzene ring substituents is 1. The summed E-state index contributed by atoms with van der Waals surface area (Å²) >= 11 is 0. The lowest BCUT2D eigenvalue weighted by Crippen LogP contribution is -2.15. The molecule has 2 rings (SSSR count). The predicted molar refractivity (Wildman–Crippen MR) is 72.1 cm³/mol. The van der Waals surface area contributed by atoms with Crippen LogP contribution in [0.5, 0.6) is 11.6 Å². The minimum absolute atomic E-state index is 0.0188. The molecule has 0 aliphatic rings. The number of nitro groups is 1. The van der Waals surface area contributed by atoms with Crippen LogP contribution in [0.15, 0.2) is 35.1 Å². The molecule has 0 unspecified atom stereocenters. The normalized spacial score (nSPS) is 10.6. The van der Waals surface area contributed by atoms with Crippen molar-refractivity contribution >= 4 is 5.69 Å². The Kier molecular flexibility index (Phi) is 3.79. The highest BCUT2D eigenvalue weighted by Gasteiger charge is 2.09. The van der Waals surface area contributed by atoms with Gasteiger partial charge in [0.2, 0.25) is 5.88 Å². The van der Waals surface area contributed by atoms with Gasteiger partial charge in [0.15, 0.2) is 0 Å². The summed E-state index contributed by atoms with van der Waals surface area (Å²) in [7, 11) is 0. The molecule has 0 aliphatic heterocycles. The average Bonchev–Trinajstić information content (AvgIpc) is 2.41. The average molecular weight is 275 g/mol. The molecule has 0 aliphatic carbocycles. The molecule has 104 valence electrons. The number of hydrogen-bond donors (Lipinski definition) is 1. The molecule has 0 fully saturated rings. The standard InChI is InChI=1S/C13H13N3O4/c1-8(2)11-7-12(14-15-13(11)17)20-10-5-3-9(4-6-10)16(18)19/h3-8H,1-2H3,(H,15,17). The molecular weight excluding hydrogens is 262 g/mol. The van der Waals surface area contributed by atoms with E-state index in [0.29, 0.717) is 11.3 Å². The summed E-state index contributed by atoms with van der Waals surface area (Å²) in [5.41, 5.74) is 0.294. The van der Waals surface area contributed by atoms with E-state index in [-0.39, 0.29) is 23.0 Å². The van der Waals surface area contributed by atoms with Crippen molar-refractivity contribution in [2.75, 3.05) is 0 Å². The van der Waals surface area contributed by atoms with Crippen molar-refractivity contribution < 1.29 is 9.66 Å². The fourth-order valence-electron chi connectivity index (χ4n) is 1.64. The molecule has 0 saturated carbocycles. The Hall–Kier alpha value is -2.70. The number of hydrogen-bond acceptors (Lipinski definition) is 5. The molecule has 0 amide bonds. The molecular formula is C13H13N3O4. The van der Waals surface area contributed by atoms with Crippen LogP contribution < -0.4 is 10.3 Å². The Balaban J connectivity index is 2.23. The van der Waals surface area contributed by atoms with E-state index in [2.05, 4.69) is 10.2 Å². The van der Waals surface area contributed by atoms with E-state index in [9.17, 15) is 14.9 Å². The molecule has 1 heterocycles. The lowest BCUT2D eigenvalue weighted by atomic mass is 10.1. The van der Waals surface area contributed by atoms with Gasteiger partial charge in [-0.1, -0.05) is 13.8 Å². The van der Waals surface area contributed by atoms with Gasteiger partial charge >= 0.3 is 0 Å². The number of aromatic amines is 1. The lowest BCUT2D eigenvalue weighted by molar-refractivity contribution is -0.384. The van der Waals surface area contributed by atoms with Crippen molar-refractivity contribution in [1.82, 2.24) is 10.2 Å². The number of benzene rings is 1. The summed E-state index contributed by atoms with van der Waals surface area (Å²) in [4.78, 5) is 21.6. The van der Waals surface area contributed by atoms with Crippen LogP contribution in [0.25, 0.3) is 0 Å². The second-order valence-electron chi connectivity index (χ2n) is 4.50. The SMILES string of the molecule is CC(C)c1cc(Oc2ccc([N+](=O)[O-])cc2)n[nH]c1=O. The number of ether oxygens (including phenoxy) is 1. The summed E-state index contributed by atoms with van der Waals surface area (Å²) in [6.45, 7) is 3.78. The molecule has 20 heavy (non-hydrogen) atoms. The van der Waals surface area contributed by atoms with E-state index < -0.39 is 4.92 Å². The van der Waals surface area contributed by atoms with E-state index in [1.165, 1.54) is 24.3 Å². The van der Waals surface area contributed by atoms with Crippen LogP contribution in [0, 0.1) is 10.1 Å². The molecule has 0 spiro atoms. The fourth-order valence-corrected chi connectivity index (χ4v) is 1.64. The second-order valence-corrected chi connectivity index (χ2v) is 4.50. The summed E-state index contributed by atoms with van der Waals surface area (Å²) < 4.78 is 5.46. The zero-order valence-electron chi connectivity index (χ0n) is 11.0. The maximum absolute atomic E-state index is 11.5. The van der Waals surface area contributed by atoms with Gasteiger partial charge in [-0.15, -0.1) is 5.10 Å². The van der Waals surface area contributed by atoms with Gasteiger partial charge in [-0.2, -0.15) is 0 Å². The molecule has 0 radical (unpaired) electrons. The Morgan fingerprint density at radius 2 is 1.95 bits per heavy atom. The quantitative estimate of drug-likeness (QED) is 0.683. The zero-order valence-corrected chi connectivity index (χ0v) is 11.0. The van der Waals surface area contributed by atoms with E-state index >= 15 is 0 Å². The maximum atomic E-state index is 11.5. The van der Waals surface area contributed by atoms with Gasteiger partial charge in [0, 0.05) is 23.8 Å². The molecule has 1 aromatic carbocycles. The third-order valence-electron chi connectivity index (χ3n) is 2.70. The Labute approximate surface area is 114 Å². The number of nitrogens with zero attached hydrogens (tertiary/aromatic N) is 2. The van der Waals surface area contributed by atoms with E-state index in [0.717, 1.165) is 0 Å². The van der Waals surface area contributed by atoms with Gasteiger partial charge in [0.25, 0.3) is 11.2 Å². The number of aromatic nitrogens is 2. The molecule has 7 heteroatoms. The summed E-state index contributed by atoms with van der Waals surface area (Å²) in [5.74, 6) is 0.688. The predicted octanol–water partition coefficient (Wildman–Crippen LogP) is 2.59. The first kappa shape index (κ1) is 13.7. The van der Waals surface area contributed by atoms with Crippen molar-refractivity contribution in [3.8, 4) is 11.6 Å². The van der Waals surface area contributed by atoms with Gasteiger partial charge in [-0.25, -0.2) is 5.10 Å². The second kappa shape index (κ2) is 5.52. The number of H-pyrrole nitrogens is 1. The molecule has 1 N–H and O–H groups in total. The van der Waals surface area contributed by atoms with Crippen molar-refractivity contribution in [2.24, 2.45) is 0 Å². The van der Waals surface area contributed by atoms with E-state index in [1.54, 1.807) is 6.07 Å². The lowest BCUT2D eigenvalue weighted by Gasteiger charge is -2.07. The topological polar surface area (TPSA) is 98.1 Å². The molecule has 2 aromatic rings. The molecule has 7 nitrogen and oxygen atoms in total. The minimum atomic E-state index is -0.487. The highest BCUT2D eigenvalue weighted by molar-refractivity contribution is 5.37. The van der Waals surface area contributed by atoms with Gasteiger partial charge in [-0.3, -0.25) is 14.9 Å². The van der Waals surface area contributed by atoms with Crippen LogP contribution in [-0.2, 0) is 0 Å². The Morgan fingerprint density at radius 1 is 1.30 bits per heavy atom. The van der Waals surface area contributed by atoms with Crippen LogP contribution >= 0.6 is 0 Å². The monoisotopic (exact) mass is 275 g/mol. The van der Waals surface area contributed by atoms with E-state index in [4.69, 9.17) is 4.74 Å². The van der Waals surface area contributed by atoms with Gasteiger partial charge < -0.3 is 4.74 Å². The molecule has 1 aromatic heterocycles. The third-order valence-corrected chi connectivity index (χ3v) is 2.70. The maximum Gasteiger partial charge on any atom is 0.269 e. The zero-order chi connectivity index (χ0) is 14.7. The van der Waals surface area contributed by atoms with Crippen LogP contribution in [0.2, 0.25) is 0 Å². The summed E-state index contributed by atoms with van der Waals surface area (Å²) in [5, 5.41) is 16.7. The highest BCUT2D eigenvalue weighted by Crippen LogP contribution is 2.23. The number of nitro benzene ring substituents is 1. The molecule has 0 bridgehead atoms. The minimum Gasteiger partial charge on any atom is -0.438 e. The Morgan fingerprint density at radius 3 is 2.50 bits per heavy atom. The third kappa shape index (κ3) is 3.00. The first-order valence-corrected chi connectivity index (χ1v) is 5.99. The van der Waals surface area contributed by atoms with Crippen molar-refractivity contribution in [3.05, 3.63) is 56.4 Å². The highest BCUT2D eigenvalue weighted by atomic mass is 16.6. The number of nitrogens with one attached hydrogen (secondary N) is 1. The van der Waals surface area contributed by atoms with Crippen LogP contribution in [0.3, 0.4) is 0 Å². The fraction of sp³-hybridized carbons (Fsp3) is 0.231. The number of rotatable bonds is 4. The van der Waals surface area contributed by atoms with Gasteiger partial charge in [0.1, 0.15) is 5.75 Å². The van der Waals surface area contributed by atoms with E-state index in [1.807, 2.05) is 13.8 Å². The van der Waals surface area contributed by atoms with Gasteiger partial charge in [-0.05, 0) is 18.1 Å². The van der Waals surface area contributed by atoms with Gasteiger partial charge in [0.05, 0.1) is 4.92 Å².